The number of hydrogen-bond acceptors (Lipinski definition) is 1. The molecule has 0 radical (unpaired) electrons. The molecule has 58 valence electrons. The molecule has 0 spiro atoms. The molecular formula is C9H16O. The van der Waals surface area contributed by atoms with Gasteiger partial charge in [-0.3, -0.25) is 0 Å². The Hall–Kier alpha value is -0.300. The van der Waals surface area contributed by atoms with E-state index in [0.29, 0.717) is 11.8 Å². The predicted octanol–water partition coefficient (Wildman–Crippen LogP) is 1.97. The second kappa shape index (κ2) is 2.75. The molecule has 1 fully saturated rings. The summed E-state index contributed by atoms with van der Waals surface area (Å²) in [7, 11) is 0. The lowest BCUT2D eigenvalue weighted by Crippen LogP contribution is -2.19. The van der Waals surface area contributed by atoms with Crippen LogP contribution >= 0.6 is 0 Å². The molecule has 1 aliphatic rings. The van der Waals surface area contributed by atoms with Gasteiger partial charge < -0.3 is 5.11 Å². The van der Waals surface area contributed by atoms with Crippen LogP contribution in [0.5, 0.6) is 0 Å². The van der Waals surface area contributed by atoms with E-state index in [1.807, 2.05) is 6.92 Å². The summed E-state index contributed by atoms with van der Waals surface area (Å²) in [6.07, 6.45) is 2.15. The van der Waals surface area contributed by atoms with Gasteiger partial charge in [0.15, 0.2) is 0 Å². The summed E-state index contributed by atoms with van der Waals surface area (Å²) >= 11 is 0. The van der Waals surface area contributed by atoms with Gasteiger partial charge in [0.2, 0.25) is 0 Å². The monoisotopic (exact) mass is 140 g/mol. The van der Waals surface area contributed by atoms with Crippen molar-refractivity contribution in [1.29, 1.82) is 0 Å². The minimum Gasteiger partial charge on any atom is -0.392 e. The summed E-state index contributed by atoms with van der Waals surface area (Å²) in [6.45, 7) is 7.97. The minimum absolute atomic E-state index is 0.127. The molecule has 0 aliphatic heterocycles. The third kappa shape index (κ3) is 1.24. The maximum atomic E-state index is 9.57. The highest BCUT2D eigenvalue weighted by atomic mass is 16.3. The second-order valence-electron chi connectivity index (χ2n) is 3.50. The Kier molecular flexibility index (Phi) is 2.14. The SMILES string of the molecule is C=C(C)[C@H]1CC[C@H](C)[C@@H]1O. The van der Waals surface area contributed by atoms with Crippen LogP contribution in [0.25, 0.3) is 0 Å². The molecule has 0 saturated heterocycles. The molecule has 3 atom stereocenters. The first-order valence-corrected chi connectivity index (χ1v) is 3.96. The van der Waals surface area contributed by atoms with Crippen LogP contribution in [0.2, 0.25) is 0 Å². The second-order valence-corrected chi connectivity index (χ2v) is 3.50. The summed E-state index contributed by atoms with van der Waals surface area (Å²) in [4.78, 5) is 0. The number of aliphatic hydroxyl groups excluding tert-OH is 1. The zero-order valence-corrected chi connectivity index (χ0v) is 6.80. The van der Waals surface area contributed by atoms with Crippen molar-refractivity contribution in [2.75, 3.05) is 0 Å². The van der Waals surface area contributed by atoms with Gasteiger partial charge in [0.1, 0.15) is 0 Å². The summed E-state index contributed by atoms with van der Waals surface area (Å²) in [5, 5.41) is 9.57. The fourth-order valence-electron chi connectivity index (χ4n) is 1.72. The fraction of sp³-hybridized carbons (Fsp3) is 0.778. The number of aliphatic hydroxyl groups is 1. The van der Waals surface area contributed by atoms with Crippen LogP contribution in [-0.4, -0.2) is 11.2 Å². The van der Waals surface area contributed by atoms with Gasteiger partial charge in [-0.05, 0) is 25.7 Å². The molecule has 1 aliphatic carbocycles. The Morgan fingerprint density at radius 1 is 1.50 bits per heavy atom. The molecule has 1 rings (SSSR count). The smallest absolute Gasteiger partial charge is 0.0630 e. The summed E-state index contributed by atoms with van der Waals surface area (Å²) in [5.74, 6) is 0.844. The van der Waals surface area contributed by atoms with Crippen LogP contribution in [0, 0.1) is 11.8 Å². The molecule has 0 aromatic rings. The Labute approximate surface area is 62.8 Å². The third-order valence-electron chi connectivity index (χ3n) is 2.56. The average Bonchev–Trinajstić information content (AvgIpc) is 2.14. The van der Waals surface area contributed by atoms with Crippen molar-refractivity contribution >= 4 is 0 Å². The van der Waals surface area contributed by atoms with Crippen molar-refractivity contribution in [3.8, 4) is 0 Å². The first kappa shape index (κ1) is 7.80. The van der Waals surface area contributed by atoms with E-state index in [4.69, 9.17) is 0 Å². The first-order valence-electron chi connectivity index (χ1n) is 3.96. The zero-order valence-electron chi connectivity index (χ0n) is 6.80. The molecule has 0 aromatic carbocycles. The van der Waals surface area contributed by atoms with E-state index in [1.165, 1.54) is 0 Å². The predicted molar refractivity (Wildman–Crippen MR) is 42.7 cm³/mol. The van der Waals surface area contributed by atoms with Crippen LogP contribution in [0.3, 0.4) is 0 Å². The molecular weight excluding hydrogens is 124 g/mol. The lowest BCUT2D eigenvalue weighted by atomic mass is 9.96. The average molecular weight is 140 g/mol. The largest absolute Gasteiger partial charge is 0.392 e. The van der Waals surface area contributed by atoms with Gasteiger partial charge in [0.25, 0.3) is 0 Å². The highest BCUT2D eigenvalue weighted by Gasteiger charge is 2.31. The van der Waals surface area contributed by atoms with Gasteiger partial charge in [-0.25, -0.2) is 0 Å². The van der Waals surface area contributed by atoms with Gasteiger partial charge in [-0.1, -0.05) is 19.1 Å². The van der Waals surface area contributed by atoms with Crippen LogP contribution in [-0.2, 0) is 0 Å². The maximum Gasteiger partial charge on any atom is 0.0630 e. The number of hydrogen-bond donors (Lipinski definition) is 1. The molecule has 1 N–H and O–H groups in total. The van der Waals surface area contributed by atoms with Crippen molar-refractivity contribution in [1.82, 2.24) is 0 Å². The van der Waals surface area contributed by atoms with Crippen molar-refractivity contribution in [3.05, 3.63) is 12.2 Å². The molecule has 0 aromatic heterocycles. The lowest BCUT2D eigenvalue weighted by molar-refractivity contribution is 0.111. The molecule has 10 heavy (non-hydrogen) atoms. The van der Waals surface area contributed by atoms with Gasteiger partial charge in [-0.2, -0.15) is 0 Å². The lowest BCUT2D eigenvalue weighted by Gasteiger charge is -2.16. The fourth-order valence-corrected chi connectivity index (χ4v) is 1.72. The van der Waals surface area contributed by atoms with E-state index in [2.05, 4.69) is 13.5 Å². The minimum atomic E-state index is -0.127. The van der Waals surface area contributed by atoms with E-state index < -0.39 is 0 Å². The molecule has 0 unspecified atom stereocenters. The number of rotatable bonds is 1. The molecule has 0 heterocycles. The van der Waals surface area contributed by atoms with E-state index >= 15 is 0 Å². The maximum absolute atomic E-state index is 9.57. The van der Waals surface area contributed by atoms with Crippen LogP contribution in [0.15, 0.2) is 12.2 Å². The van der Waals surface area contributed by atoms with Crippen molar-refractivity contribution in [2.45, 2.75) is 32.8 Å². The van der Waals surface area contributed by atoms with Gasteiger partial charge >= 0.3 is 0 Å². The van der Waals surface area contributed by atoms with Gasteiger partial charge in [-0.15, -0.1) is 0 Å². The Morgan fingerprint density at radius 3 is 2.30 bits per heavy atom. The Balaban J connectivity index is 2.57. The first-order chi connectivity index (χ1) is 4.63. The molecule has 1 heteroatoms. The normalized spacial score (nSPS) is 40.1. The molecule has 1 nitrogen and oxygen atoms in total. The summed E-state index contributed by atoms with van der Waals surface area (Å²) in [5.41, 5.74) is 1.14. The van der Waals surface area contributed by atoms with Crippen molar-refractivity contribution in [2.24, 2.45) is 11.8 Å². The standard InChI is InChI=1S/C9H16O/c1-6(2)8-5-4-7(3)9(8)10/h7-10H,1,4-5H2,2-3H3/t7-,8+,9-/m0/s1. The van der Waals surface area contributed by atoms with Crippen LogP contribution in [0.1, 0.15) is 26.7 Å². The van der Waals surface area contributed by atoms with E-state index in [-0.39, 0.29) is 6.10 Å². The quantitative estimate of drug-likeness (QED) is 0.552. The third-order valence-corrected chi connectivity index (χ3v) is 2.56. The molecule has 0 bridgehead atoms. The summed E-state index contributed by atoms with van der Waals surface area (Å²) < 4.78 is 0. The van der Waals surface area contributed by atoms with E-state index in [1.54, 1.807) is 0 Å². The van der Waals surface area contributed by atoms with Gasteiger partial charge in [0.05, 0.1) is 6.10 Å². The zero-order chi connectivity index (χ0) is 7.72. The summed E-state index contributed by atoms with van der Waals surface area (Å²) in [6, 6.07) is 0. The van der Waals surface area contributed by atoms with Gasteiger partial charge in [0, 0.05) is 5.92 Å². The molecule has 1 saturated carbocycles. The topological polar surface area (TPSA) is 20.2 Å². The Bertz CT molecular complexity index is 140. The van der Waals surface area contributed by atoms with Crippen LogP contribution < -0.4 is 0 Å². The Morgan fingerprint density at radius 2 is 2.10 bits per heavy atom. The van der Waals surface area contributed by atoms with Crippen molar-refractivity contribution < 1.29 is 5.11 Å². The highest BCUT2D eigenvalue weighted by molar-refractivity contribution is 5.03. The van der Waals surface area contributed by atoms with E-state index in [0.717, 1.165) is 18.4 Å². The highest BCUT2D eigenvalue weighted by Crippen LogP contribution is 2.34. The van der Waals surface area contributed by atoms with E-state index in [9.17, 15) is 5.11 Å². The van der Waals surface area contributed by atoms with Crippen molar-refractivity contribution in [3.63, 3.8) is 0 Å². The molecule has 0 amide bonds. The van der Waals surface area contributed by atoms with Crippen LogP contribution in [0.4, 0.5) is 0 Å².